The van der Waals surface area contributed by atoms with E-state index in [0.717, 1.165) is 22.2 Å². The van der Waals surface area contributed by atoms with E-state index in [-0.39, 0.29) is 18.9 Å². The Balaban J connectivity index is 1.67. The normalized spacial score (nSPS) is 17.3. The Morgan fingerprint density at radius 2 is 1.91 bits per heavy atom. The number of hydrogen-bond acceptors (Lipinski definition) is 8. The van der Waals surface area contributed by atoms with Gasteiger partial charge in [0.05, 0.1) is 47.1 Å². The lowest BCUT2D eigenvalue weighted by Gasteiger charge is -2.43. The molecule has 13 nitrogen and oxygen atoms in total. The predicted molar refractivity (Wildman–Crippen MR) is 164 cm³/mol. The first kappa shape index (κ1) is 29.7. The van der Waals surface area contributed by atoms with Crippen LogP contribution in [0, 0.1) is 6.92 Å². The van der Waals surface area contributed by atoms with Crippen molar-refractivity contribution >= 4 is 46.0 Å². The molecule has 1 fully saturated rings. The summed E-state index contributed by atoms with van der Waals surface area (Å²) in [6.07, 6.45) is 4.15. The molecule has 0 radical (unpaired) electrons. The van der Waals surface area contributed by atoms with Crippen LogP contribution in [0.25, 0.3) is 33.2 Å². The summed E-state index contributed by atoms with van der Waals surface area (Å²) >= 11 is 0. The van der Waals surface area contributed by atoms with Gasteiger partial charge >= 0.3 is 6.09 Å². The summed E-state index contributed by atoms with van der Waals surface area (Å²) in [5.41, 5.74) is 4.25. The first-order valence-electron chi connectivity index (χ1n) is 13.9. The molecule has 1 aliphatic heterocycles. The maximum absolute atomic E-state index is 13.6. The van der Waals surface area contributed by atoms with E-state index in [1.54, 1.807) is 43.1 Å². The number of nitrogens with zero attached hydrogens (tertiary/aromatic N) is 8. The van der Waals surface area contributed by atoms with E-state index < -0.39 is 12.0 Å². The Hall–Kier alpha value is -4.78. The number of aromatic nitrogens is 4. The van der Waals surface area contributed by atoms with Gasteiger partial charge in [0.2, 0.25) is 0 Å². The van der Waals surface area contributed by atoms with Crippen LogP contribution >= 0.6 is 0 Å². The molecule has 4 aromatic rings. The van der Waals surface area contributed by atoms with Gasteiger partial charge < -0.3 is 24.4 Å². The summed E-state index contributed by atoms with van der Waals surface area (Å²) in [6, 6.07) is 5.09. The molecule has 1 N–H and O–H groups in total. The van der Waals surface area contributed by atoms with Crippen molar-refractivity contribution in [2.45, 2.75) is 32.9 Å². The Bertz CT molecular complexity index is 1720. The van der Waals surface area contributed by atoms with Gasteiger partial charge in [-0.1, -0.05) is 0 Å². The largest absolute Gasteiger partial charge is 0.466 e. The molecule has 1 aliphatic rings. The van der Waals surface area contributed by atoms with Crippen molar-refractivity contribution in [2.24, 2.45) is 12.0 Å². The second-order valence-corrected chi connectivity index (χ2v) is 11.1. The Kier molecular flexibility index (Phi) is 8.18. The summed E-state index contributed by atoms with van der Waals surface area (Å²) < 4.78 is 13.0. The van der Waals surface area contributed by atoms with Crippen LogP contribution in [0.1, 0.15) is 29.8 Å². The number of fused-ring (bicyclic) bond motifs is 2. The topological polar surface area (TPSA) is 139 Å². The lowest BCUT2D eigenvalue weighted by atomic mass is 10.00. The zero-order valence-electron chi connectivity index (χ0n) is 25.4. The number of hydrogen-bond donors (Lipinski definition) is 1. The van der Waals surface area contributed by atoms with E-state index in [4.69, 9.17) is 14.5 Å². The van der Waals surface area contributed by atoms with Crippen molar-refractivity contribution in [3.8, 4) is 17.0 Å². The van der Waals surface area contributed by atoms with Crippen LogP contribution in [0.4, 0.5) is 10.5 Å². The highest BCUT2D eigenvalue weighted by atomic mass is 16.7. The number of ether oxygens (including phenoxy) is 2. The van der Waals surface area contributed by atoms with Crippen LogP contribution in [-0.2, 0) is 11.8 Å². The molecule has 5 rings (SSSR count). The highest BCUT2D eigenvalue weighted by Crippen LogP contribution is 2.39. The summed E-state index contributed by atoms with van der Waals surface area (Å²) in [4.78, 5) is 44.3. The zero-order chi connectivity index (χ0) is 31.0. The second-order valence-electron chi connectivity index (χ2n) is 11.1. The van der Waals surface area contributed by atoms with E-state index in [2.05, 4.69) is 20.0 Å². The Labute approximate surface area is 249 Å². The summed E-state index contributed by atoms with van der Waals surface area (Å²) in [7, 11) is 6.98. The smallest absolute Gasteiger partial charge is 0.407 e. The third-order valence-corrected chi connectivity index (χ3v) is 7.49. The molecule has 0 saturated carbocycles. The van der Waals surface area contributed by atoms with Gasteiger partial charge in [0.1, 0.15) is 5.75 Å². The number of rotatable bonds is 7. The van der Waals surface area contributed by atoms with Crippen LogP contribution in [0.3, 0.4) is 0 Å². The Morgan fingerprint density at radius 1 is 1.19 bits per heavy atom. The number of aryl methyl sites for hydroxylation is 2. The highest BCUT2D eigenvalue weighted by Gasteiger charge is 2.33. The molecule has 0 aliphatic carbocycles. The van der Waals surface area contributed by atoms with E-state index in [1.165, 1.54) is 11.2 Å². The SMILES string of the molecule is COCOc1c(-c2cc(C(=O)/N=C/N(C)C)c3cc(N4C[C@@H](C)N(C(=O)O)[C@@H](C)C4)cnc3n2)cc2cn(C)nc2c1C. The molecule has 0 unspecified atom stereocenters. The van der Waals surface area contributed by atoms with E-state index in [0.29, 0.717) is 46.7 Å². The first-order chi connectivity index (χ1) is 20.5. The summed E-state index contributed by atoms with van der Waals surface area (Å²) in [6.45, 7) is 6.69. The Morgan fingerprint density at radius 3 is 2.56 bits per heavy atom. The van der Waals surface area contributed by atoms with Gasteiger partial charge in [0.15, 0.2) is 12.4 Å². The first-order valence-corrected chi connectivity index (χ1v) is 13.9. The number of anilines is 1. The number of carbonyl (C=O) groups excluding carboxylic acids is 1. The maximum atomic E-state index is 13.6. The average molecular weight is 589 g/mol. The molecule has 2 atom stereocenters. The predicted octanol–water partition coefficient (Wildman–Crippen LogP) is 3.78. The molecule has 43 heavy (non-hydrogen) atoms. The lowest BCUT2D eigenvalue weighted by Crippen LogP contribution is -2.58. The van der Waals surface area contributed by atoms with E-state index >= 15 is 0 Å². The molecule has 0 spiro atoms. The average Bonchev–Trinajstić information content (AvgIpc) is 3.34. The molecule has 1 saturated heterocycles. The van der Waals surface area contributed by atoms with Crippen LogP contribution in [0.5, 0.6) is 5.75 Å². The van der Waals surface area contributed by atoms with Gasteiger partial charge in [-0.2, -0.15) is 10.1 Å². The number of amides is 2. The molecular weight excluding hydrogens is 552 g/mol. The molecule has 3 aromatic heterocycles. The number of methoxy groups -OCH3 is 1. The molecule has 0 bridgehead atoms. The second kappa shape index (κ2) is 11.8. The third kappa shape index (κ3) is 5.80. The monoisotopic (exact) mass is 588 g/mol. The summed E-state index contributed by atoms with van der Waals surface area (Å²) in [5.74, 6) is 0.100. The standard InChI is InChI=1S/C30H36N8O5/c1-17-12-37(13-18(2)38(17)30(40)41)21-9-22-23(29(39)32-15-35(4)5)10-25(33-28(22)31-11-21)24-8-20-14-36(6)34-26(20)19(3)27(24)43-16-42-7/h8-11,14-15,17-18H,12-13,16H2,1-7H3,(H,40,41)/b32-15+/t17-,18+. The van der Waals surface area contributed by atoms with Crippen molar-refractivity contribution in [1.82, 2.24) is 29.5 Å². The van der Waals surface area contributed by atoms with Gasteiger partial charge in [-0.15, -0.1) is 0 Å². The van der Waals surface area contributed by atoms with Crippen molar-refractivity contribution in [3.63, 3.8) is 0 Å². The maximum Gasteiger partial charge on any atom is 0.407 e. The molecule has 1 aromatic carbocycles. The zero-order valence-corrected chi connectivity index (χ0v) is 25.4. The van der Waals surface area contributed by atoms with Crippen LogP contribution in [0.15, 0.2) is 35.6 Å². The minimum Gasteiger partial charge on any atom is -0.466 e. The molecular formula is C30H36N8O5. The number of carboxylic acid groups (broad SMARTS) is 1. The fraction of sp³-hybridized carbons (Fsp3) is 0.400. The van der Waals surface area contributed by atoms with Gasteiger partial charge in [-0.25, -0.2) is 14.8 Å². The fourth-order valence-electron chi connectivity index (χ4n) is 5.66. The molecule has 2 amide bonds. The van der Waals surface area contributed by atoms with Gasteiger partial charge in [-0.3, -0.25) is 14.4 Å². The number of piperazine rings is 1. The van der Waals surface area contributed by atoms with Gasteiger partial charge in [-0.05, 0) is 39.0 Å². The molecule has 226 valence electrons. The number of carbonyl (C=O) groups is 2. The van der Waals surface area contributed by atoms with Crippen molar-refractivity contribution in [3.05, 3.63) is 41.7 Å². The minimum atomic E-state index is -0.937. The van der Waals surface area contributed by atoms with E-state index in [1.807, 2.05) is 46.1 Å². The van der Waals surface area contributed by atoms with Crippen LogP contribution in [-0.4, -0.2) is 106 Å². The molecule has 4 heterocycles. The highest BCUT2D eigenvalue weighted by molar-refractivity contribution is 6.09. The van der Waals surface area contributed by atoms with Crippen molar-refractivity contribution < 1.29 is 24.2 Å². The summed E-state index contributed by atoms with van der Waals surface area (Å²) in [5, 5.41) is 15.7. The lowest BCUT2D eigenvalue weighted by molar-refractivity contribution is 0.0511. The van der Waals surface area contributed by atoms with Crippen molar-refractivity contribution in [1.29, 1.82) is 0 Å². The number of aliphatic imine (C=N–C) groups is 1. The van der Waals surface area contributed by atoms with Gasteiger partial charge in [0, 0.05) is 69.4 Å². The van der Waals surface area contributed by atoms with E-state index in [9.17, 15) is 14.7 Å². The van der Waals surface area contributed by atoms with Crippen LogP contribution < -0.4 is 9.64 Å². The van der Waals surface area contributed by atoms with Crippen LogP contribution in [0.2, 0.25) is 0 Å². The number of benzene rings is 1. The van der Waals surface area contributed by atoms with Crippen molar-refractivity contribution in [2.75, 3.05) is 46.0 Å². The fourth-order valence-corrected chi connectivity index (χ4v) is 5.66. The minimum absolute atomic E-state index is 0.0201. The number of pyridine rings is 2. The molecule has 13 heteroatoms. The third-order valence-electron chi connectivity index (χ3n) is 7.49. The quantitative estimate of drug-likeness (QED) is 0.193. The van der Waals surface area contributed by atoms with Gasteiger partial charge in [0.25, 0.3) is 5.91 Å².